The van der Waals surface area contributed by atoms with Crippen LogP contribution in [0.3, 0.4) is 0 Å². The molecule has 2 unspecified atom stereocenters. The standard InChI is InChI=1S/C18H34N6/c1-5-6-10-22(4)12-9-21-18(19-3)23-11-7-16(2)17(14-23)24-13-8-20-15-24/h8,13,15-17H,5-7,9-12,14H2,1-4H3,(H,19,21). The van der Waals surface area contributed by atoms with Gasteiger partial charge in [-0.3, -0.25) is 4.99 Å². The lowest BCUT2D eigenvalue weighted by Crippen LogP contribution is -2.50. The van der Waals surface area contributed by atoms with Gasteiger partial charge in [0.15, 0.2) is 5.96 Å². The second-order valence-corrected chi connectivity index (χ2v) is 6.92. The number of imidazole rings is 1. The van der Waals surface area contributed by atoms with Crippen molar-refractivity contribution in [1.82, 2.24) is 24.7 Å². The predicted molar refractivity (Wildman–Crippen MR) is 100 cm³/mol. The highest BCUT2D eigenvalue weighted by Crippen LogP contribution is 2.27. The van der Waals surface area contributed by atoms with Crippen LogP contribution in [0.1, 0.15) is 39.2 Å². The van der Waals surface area contributed by atoms with Crippen molar-refractivity contribution in [2.45, 2.75) is 39.2 Å². The molecular weight excluding hydrogens is 300 g/mol. The Hall–Kier alpha value is -1.56. The van der Waals surface area contributed by atoms with E-state index < -0.39 is 0 Å². The minimum Gasteiger partial charge on any atom is -0.355 e. The summed E-state index contributed by atoms with van der Waals surface area (Å²) in [6.45, 7) is 9.78. The second-order valence-electron chi connectivity index (χ2n) is 6.92. The predicted octanol–water partition coefficient (Wildman–Crippen LogP) is 2.07. The first kappa shape index (κ1) is 18.8. The summed E-state index contributed by atoms with van der Waals surface area (Å²) in [5.41, 5.74) is 0. The number of rotatable bonds is 7. The molecule has 0 spiro atoms. The van der Waals surface area contributed by atoms with Crippen LogP contribution in [-0.4, -0.2) is 72.1 Å². The van der Waals surface area contributed by atoms with Gasteiger partial charge < -0.3 is 19.7 Å². The molecule has 1 aromatic rings. The van der Waals surface area contributed by atoms with E-state index in [1.807, 2.05) is 19.6 Å². The Morgan fingerprint density at radius 1 is 1.42 bits per heavy atom. The van der Waals surface area contributed by atoms with E-state index in [0.29, 0.717) is 12.0 Å². The molecule has 24 heavy (non-hydrogen) atoms. The molecule has 1 aliphatic rings. The Kier molecular flexibility index (Phi) is 7.56. The topological polar surface area (TPSA) is 48.7 Å². The molecule has 1 saturated heterocycles. The number of likely N-dealkylation sites (tertiary alicyclic amines) is 1. The van der Waals surface area contributed by atoms with Crippen LogP contribution in [0.4, 0.5) is 0 Å². The Bertz CT molecular complexity index is 484. The summed E-state index contributed by atoms with van der Waals surface area (Å²) < 4.78 is 2.24. The first-order chi connectivity index (χ1) is 11.7. The number of unbranched alkanes of at least 4 members (excludes halogenated alkanes) is 1. The van der Waals surface area contributed by atoms with Gasteiger partial charge in [-0.2, -0.15) is 0 Å². The number of piperidine rings is 1. The Labute approximate surface area is 147 Å². The third-order valence-corrected chi connectivity index (χ3v) is 5.01. The highest BCUT2D eigenvalue weighted by Gasteiger charge is 2.28. The molecular formula is C18H34N6. The molecule has 2 atom stereocenters. The van der Waals surface area contributed by atoms with Gasteiger partial charge >= 0.3 is 0 Å². The normalized spacial score (nSPS) is 22.2. The lowest BCUT2D eigenvalue weighted by molar-refractivity contribution is 0.188. The fourth-order valence-electron chi connectivity index (χ4n) is 3.33. The van der Waals surface area contributed by atoms with Gasteiger partial charge in [-0.25, -0.2) is 4.98 Å². The van der Waals surface area contributed by atoms with E-state index in [9.17, 15) is 0 Å². The van der Waals surface area contributed by atoms with Crippen molar-refractivity contribution in [2.75, 3.05) is 46.8 Å². The zero-order valence-corrected chi connectivity index (χ0v) is 15.8. The van der Waals surface area contributed by atoms with Crippen LogP contribution in [0.25, 0.3) is 0 Å². The third kappa shape index (κ3) is 5.23. The number of hydrogen-bond donors (Lipinski definition) is 1. The van der Waals surface area contributed by atoms with Crippen LogP contribution in [-0.2, 0) is 0 Å². The third-order valence-electron chi connectivity index (χ3n) is 5.01. The van der Waals surface area contributed by atoms with E-state index in [4.69, 9.17) is 0 Å². The Morgan fingerprint density at radius 2 is 2.25 bits per heavy atom. The fourth-order valence-corrected chi connectivity index (χ4v) is 3.33. The lowest BCUT2D eigenvalue weighted by atomic mass is 9.93. The van der Waals surface area contributed by atoms with E-state index >= 15 is 0 Å². The molecule has 0 aromatic carbocycles. The van der Waals surface area contributed by atoms with Crippen molar-refractivity contribution in [3.63, 3.8) is 0 Å². The average Bonchev–Trinajstić information content (AvgIpc) is 3.12. The Morgan fingerprint density at radius 3 is 2.92 bits per heavy atom. The molecule has 2 heterocycles. The van der Waals surface area contributed by atoms with E-state index in [-0.39, 0.29) is 0 Å². The van der Waals surface area contributed by atoms with Gasteiger partial charge in [0, 0.05) is 45.6 Å². The molecule has 136 valence electrons. The van der Waals surface area contributed by atoms with E-state index in [1.165, 1.54) is 25.8 Å². The summed E-state index contributed by atoms with van der Waals surface area (Å²) in [6, 6.07) is 0.465. The molecule has 6 heteroatoms. The number of aliphatic imine (C=N–C) groups is 1. The number of aromatic nitrogens is 2. The van der Waals surface area contributed by atoms with Crippen LogP contribution in [0, 0.1) is 5.92 Å². The summed E-state index contributed by atoms with van der Waals surface area (Å²) in [4.78, 5) is 13.5. The fraction of sp³-hybridized carbons (Fsp3) is 0.778. The van der Waals surface area contributed by atoms with Gasteiger partial charge in [0.2, 0.25) is 0 Å². The maximum Gasteiger partial charge on any atom is 0.193 e. The molecule has 0 radical (unpaired) electrons. The van der Waals surface area contributed by atoms with Crippen LogP contribution in [0.2, 0.25) is 0 Å². The van der Waals surface area contributed by atoms with Gasteiger partial charge in [0.05, 0.1) is 12.4 Å². The van der Waals surface area contributed by atoms with Crippen LogP contribution in [0.5, 0.6) is 0 Å². The highest BCUT2D eigenvalue weighted by molar-refractivity contribution is 5.80. The van der Waals surface area contributed by atoms with Gasteiger partial charge in [0.25, 0.3) is 0 Å². The number of nitrogens with one attached hydrogen (secondary N) is 1. The average molecular weight is 335 g/mol. The summed E-state index contributed by atoms with van der Waals surface area (Å²) in [5.74, 6) is 1.68. The van der Waals surface area contributed by atoms with Crippen molar-refractivity contribution in [3.8, 4) is 0 Å². The number of hydrogen-bond acceptors (Lipinski definition) is 3. The smallest absolute Gasteiger partial charge is 0.193 e. The molecule has 1 aliphatic heterocycles. The molecule has 1 N–H and O–H groups in total. The molecule has 0 bridgehead atoms. The molecule has 1 aromatic heterocycles. The minimum atomic E-state index is 0.465. The van der Waals surface area contributed by atoms with E-state index in [2.05, 4.69) is 56.8 Å². The second kappa shape index (κ2) is 9.67. The largest absolute Gasteiger partial charge is 0.355 e. The molecule has 2 rings (SSSR count). The molecule has 6 nitrogen and oxygen atoms in total. The number of guanidine groups is 1. The van der Waals surface area contributed by atoms with E-state index in [0.717, 1.165) is 32.1 Å². The van der Waals surface area contributed by atoms with Crippen molar-refractivity contribution >= 4 is 5.96 Å². The lowest BCUT2D eigenvalue weighted by Gasteiger charge is -2.39. The van der Waals surface area contributed by atoms with Gasteiger partial charge in [-0.1, -0.05) is 20.3 Å². The monoisotopic (exact) mass is 334 g/mol. The van der Waals surface area contributed by atoms with E-state index in [1.54, 1.807) is 0 Å². The number of nitrogens with zero attached hydrogens (tertiary/aromatic N) is 5. The SMILES string of the molecule is CCCCN(C)CCNC(=NC)N1CCC(C)C(n2ccnc2)C1. The summed E-state index contributed by atoms with van der Waals surface area (Å²) >= 11 is 0. The molecule has 0 aliphatic carbocycles. The maximum atomic E-state index is 4.50. The molecule has 1 fully saturated rings. The van der Waals surface area contributed by atoms with Crippen LogP contribution in [0.15, 0.2) is 23.7 Å². The maximum absolute atomic E-state index is 4.50. The van der Waals surface area contributed by atoms with Crippen LogP contribution < -0.4 is 5.32 Å². The zero-order valence-electron chi connectivity index (χ0n) is 15.8. The first-order valence-electron chi connectivity index (χ1n) is 9.27. The van der Waals surface area contributed by atoms with Crippen molar-refractivity contribution in [1.29, 1.82) is 0 Å². The molecule has 0 amide bonds. The number of likely N-dealkylation sites (N-methyl/N-ethyl adjacent to an activating group) is 1. The summed E-state index contributed by atoms with van der Waals surface area (Å²) in [6.07, 6.45) is 9.57. The highest BCUT2D eigenvalue weighted by atomic mass is 15.3. The quantitative estimate of drug-likeness (QED) is 0.613. The van der Waals surface area contributed by atoms with Crippen molar-refractivity contribution < 1.29 is 0 Å². The van der Waals surface area contributed by atoms with Gasteiger partial charge in [-0.15, -0.1) is 0 Å². The zero-order chi connectivity index (χ0) is 17.4. The summed E-state index contributed by atoms with van der Waals surface area (Å²) in [5, 5.41) is 3.54. The van der Waals surface area contributed by atoms with Crippen LogP contribution >= 0.6 is 0 Å². The van der Waals surface area contributed by atoms with Gasteiger partial charge in [-0.05, 0) is 32.4 Å². The summed E-state index contributed by atoms with van der Waals surface area (Å²) in [7, 11) is 4.07. The van der Waals surface area contributed by atoms with Crippen molar-refractivity contribution in [3.05, 3.63) is 18.7 Å². The Balaban J connectivity index is 1.84. The molecule has 0 saturated carbocycles. The van der Waals surface area contributed by atoms with Crippen molar-refractivity contribution in [2.24, 2.45) is 10.9 Å². The minimum absolute atomic E-state index is 0.465. The first-order valence-corrected chi connectivity index (χ1v) is 9.27. The van der Waals surface area contributed by atoms with Gasteiger partial charge in [0.1, 0.15) is 0 Å².